The summed E-state index contributed by atoms with van der Waals surface area (Å²) in [5.41, 5.74) is 2.63. The highest BCUT2D eigenvalue weighted by Crippen LogP contribution is 2.32. The molecule has 1 aromatic heterocycles. The summed E-state index contributed by atoms with van der Waals surface area (Å²) < 4.78 is 12.0. The number of aromatic nitrogens is 2. The van der Waals surface area contributed by atoms with Gasteiger partial charge in [-0.15, -0.1) is 0 Å². The highest BCUT2D eigenvalue weighted by Gasteiger charge is 2.12. The van der Waals surface area contributed by atoms with Crippen LogP contribution in [0.3, 0.4) is 0 Å². The van der Waals surface area contributed by atoms with Crippen molar-refractivity contribution in [1.29, 1.82) is 0 Å². The topological polar surface area (TPSA) is 53.4 Å². The molecule has 1 aromatic carbocycles. The van der Waals surface area contributed by atoms with E-state index in [0.717, 1.165) is 28.5 Å². The van der Waals surface area contributed by atoms with Crippen molar-refractivity contribution in [3.05, 3.63) is 59.4 Å². The molecule has 0 saturated heterocycles. The molecule has 0 unspecified atom stereocenters. The van der Waals surface area contributed by atoms with E-state index in [1.807, 2.05) is 44.2 Å². The van der Waals surface area contributed by atoms with Crippen LogP contribution in [0.5, 0.6) is 11.5 Å². The summed E-state index contributed by atoms with van der Waals surface area (Å²) >= 11 is 0. The second-order valence-corrected chi connectivity index (χ2v) is 5.01. The van der Waals surface area contributed by atoms with Crippen LogP contribution < -0.4 is 9.47 Å². The maximum Gasteiger partial charge on any atom is 0.271 e. The molecule has 0 amide bonds. The van der Waals surface area contributed by atoms with E-state index in [9.17, 15) is 4.79 Å². The first kappa shape index (κ1) is 14.1. The third-order valence-electron chi connectivity index (χ3n) is 3.25. The molecule has 0 bridgehead atoms. The standard InChI is InChI=1S/C17H16N2O3/c1-12-9-13(2)19(18-12)17(20)6-4-3-5-14-7-8-15-16(10-14)22-11-21-15/h3-10H,11H2,1-2H3/b5-3+,6-4+. The minimum atomic E-state index is -0.166. The molecule has 0 N–H and O–H groups in total. The fourth-order valence-electron chi connectivity index (χ4n) is 2.24. The van der Waals surface area contributed by atoms with Crippen LogP contribution in [0.2, 0.25) is 0 Å². The summed E-state index contributed by atoms with van der Waals surface area (Å²) in [6.45, 7) is 3.98. The predicted octanol–water partition coefficient (Wildman–Crippen LogP) is 3.14. The third kappa shape index (κ3) is 2.93. The second-order valence-electron chi connectivity index (χ2n) is 5.01. The number of fused-ring (bicyclic) bond motifs is 1. The summed E-state index contributed by atoms with van der Waals surface area (Å²) in [6, 6.07) is 7.57. The molecule has 0 atom stereocenters. The van der Waals surface area contributed by atoms with Crippen LogP contribution in [0.15, 0.2) is 42.5 Å². The van der Waals surface area contributed by atoms with E-state index >= 15 is 0 Å². The SMILES string of the molecule is Cc1cc(C)n(C(=O)/C=C/C=C/c2ccc3c(c2)OCO3)n1. The lowest BCUT2D eigenvalue weighted by molar-refractivity contribution is 0.0951. The van der Waals surface area contributed by atoms with Gasteiger partial charge in [-0.3, -0.25) is 4.79 Å². The smallest absolute Gasteiger partial charge is 0.271 e. The molecule has 0 saturated carbocycles. The van der Waals surface area contributed by atoms with Gasteiger partial charge in [0.15, 0.2) is 11.5 Å². The van der Waals surface area contributed by atoms with Crippen molar-refractivity contribution in [3.63, 3.8) is 0 Å². The molecule has 0 fully saturated rings. The van der Waals surface area contributed by atoms with Crippen LogP contribution in [0.1, 0.15) is 21.7 Å². The summed E-state index contributed by atoms with van der Waals surface area (Å²) in [7, 11) is 0. The first-order chi connectivity index (χ1) is 10.6. The first-order valence-corrected chi connectivity index (χ1v) is 6.95. The Kier molecular flexibility index (Phi) is 3.78. The number of carbonyl (C=O) groups is 1. The van der Waals surface area contributed by atoms with E-state index in [0.29, 0.717) is 0 Å². The zero-order valence-corrected chi connectivity index (χ0v) is 12.4. The zero-order valence-electron chi connectivity index (χ0n) is 12.4. The number of benzene rings is 1. The van der Waals surface area contributed by atoms with Gasteiger partial charge in [-0.2, -0.15) is 5.10 Å². The normalized spacial score (nSPS) is 13.4. The molecule has 0 aliphatic carbocycles. The Morgan fingerprint density at radius 3 is 2.77 bits per heavy atom. The molecular weight excluding hydrogens is 280 g/mol. The van der Waals surface area contributed by atoms with Crippen LogP contribution in [0.25, 0.3) is 6.08 Å². The number of ether oxygens (including phenoxy) is 2. The molecule has 22 heavy (non-hydrogen) atoms. The number of rotatable bonds is 3. The van der Waals surface area contributed by atoms with Crippen molar-refractivity contribution in [3.8, 4) is 11.5 Å². The Balaban J connectivity index is 1.66. The molecule has 3 rings (SSSR count). The van der Waals surface area contributed by atoms with Crippen LogP contribution in [-0.4, -0.2) is 22.5 Å². The Morgan fingerprint density at radius 1 is 1.18 bits per heavy atom. The largest absolute Gasteiger partial charge is 0.454 e. The van der Waals surface area contributed by atoms with Crippen LogP contribution in [0.4, 0.5) is 0 Å². The molecule has 2 heterocycles. The third-order valence-corrected chi connectivity index (χ3v) is 3.25. The van der Waals surface area contributed by atoms with Gasteiger partial charge in [-0.25, -0.2) is 4.68 Å². The molecule has 2 aromatic rings. The number of hydrogen-bond acceptors (Lipinski definition) is 4. The van der Waals surface area contributed by atoms with Crippen LogP contribution in [0, 0.1) is 13.8 Å². The zero-order chi connectivity index (χ0) is 15.5. The van der Waals surface area contributed by atoms with Crippen molar-refractivity contribution in [1.82, 2.24) is 9.78 Å². The Hall–Kier alpha value is -2.82. The minimum absolute atomic E-state index is 0.166. The van der Waals surface area contributed by atoms with Crippen LogP contribution in [-0.2, 0) is 0 Å². The van der Waals surface area contributed by atoms with Crippen molar-refractivity contribution in [2.45, 2.75) is 13.8 Å². The van der Waals surface area contributed by atoms with Crippen molar-refractivity contribution >= 4 is 12.0 Å². The van der Waals surface area contributed by atoms with Gasteiger partial charge < -0.3 is 9.47 Å². The molecule has 5 nitrogen and oxygen atoms in total. The lowest BCUT2D eigenvalue weighted by Crippen LogP contribution is -2.10. The van der Waals surface area contributed by atoms with Gasteiger partial charge in [-0.05, 0) is 37.6 Å². The molecular formula is C17H16N2O3. The number of aryl methyl sites for hydroxylation is 2. The summed E-state index contributed by atoms with van der Waals surface area (Å²) in [5.74, 6) is 1.33. The molecule has 0 spiro atoms. The van der Waals surface area contributed by atoms with Gasteiger partial charge in [0.05, 0.1) is 5.69 Å². The summed E-state index contributed by atoms with van der Waals surface area (Å²) in [4.78, 5) is 12.0. The molecule has 0 radical (unpaired) electrons. The van der Waals surface area contributed by atoms with E-state index in [1.165, 1.54) is 10.8 Å². The first-order valence-electron chi connectivity index (χ1n) is 6.95. The van der Waals surface area contributed by atoms with E-state index in [2.05, 4.69) is 5.10 Å². The number of carbonyl (C=O) groups excluding carboxylic acids is 1. The fourth-order valence-corrected chi connectivity index (χ4v) is 2.24. The quantitative estimate of drug-likeness (QED) is 0.645. The van der Waals surface area contributed by atoms with Crippen molar-refractivity contribution in [2.75, 3.05) is 6.79 Å². The average molecular weight is 296 g/mol. The van der Waals surface area contributed by atoms with Crippen molar-refractivity contribution in [2.24, 2.45) is 0 Å². The highest BCUT2D eigenvalue weighted by atomic mass is 16.7. The Bertz CT molecular complexity index is 772. The van der Waals surface area contributed by atoms with Gasteiger partial charge in [-0.1, -0.05) is 24.3 Å². The van der Waals surface area contributed by atoms with E-state index in [-0.39, 0.29) is 12.7 Å². The summed E-state index contributed by atoms with van der Waals surface area (Å²) in [6.07, 6.45) is 6.89. The van der Waals surface area contributed by atoms with Gasteiger partial charge in [0.2, 0.25) is 6.79 Å². The maximum atomic E-state index is 12.0. The van der Waals surface area contributed by atoms with Gasteiger partial charge in [0, 0.05) is 11.8 Å². The molecule has 1 aliphatic heterocycles. The van der Waals surface area contributed by atoms with E-state index < -0.39 is 0 Å². The predicted molar refractivity (Wildman–Crippen MR) is 83.1 cm³/mol. The van der Waals surface area contributed by atoms with Gasteiger partial charge in [0.25, 0.3) is 5.91 Å². The highest BCUT2D eigenvalue weighted by molar-refractivity contribution is 5.90. The Labute approximate surface area is 128 Å². The van der Waals surface area contributed by atoms with Crippen molar-refractivity contribution < 1.29 is 14.3 Å². The monoisotopic (exact) mass is 296 g/mol. The second kappa shape index (κ2) is 5.89. The Morgan fingerprint density at radius 2 is 2.00 bits per heavy atom. The number of hydrogen-bond donors (Lipinski definition) is 0. The van der Waals surface area contributed by atoms with Gasteiger partial charge >= 0.3 is 0 Å². The molecule has 1 aliphatic rings. The number of allylic oxidation sites excluding steroid dienone is 3. The van der Waals surface area contributed by atoms with Gasteiger partial charge in [0.1, 0.15) is 0 Å². The summed E-state index contributed by atoms with van der Waals surface area (Å²) in [5, 5.41) is 4.15. The minimum Gasteiger partial charge on any atom is -0.454 e. The van der Waals surface area contributed by atoms with E-state index in [1.54, 1.807) is 12.2 Å². The van der Waals surface area contributed by atoms with E-state index in [4.69, 9.17) is 9.47 Å². The molecule has 112 valence electrons. The lowest BCUT2D eigenvalue weighted by atomic mass is 10.2. The average Bonchev–Trinajstić information content (AvgIpc) is 3.08. The van der Waals surface area contributed by atoms with Crippen LogP contribution >= 0.6 is 0 Å². The number of nitrogens with zero attached hydrogens (tertiary/aromatic N) is 2. The molecule has 5 heteroatoms. The lowest BCUT2D eigenvalue weighted by Gasteiger charge is -1.97. The fraction of sp³-hybridized carbons (Fsp3) is 0.176. The maximum absolute atomic E-state index is 12.0.